The zero-order valence-corrected chi connectivity index (χ0v) is 19.0. The number of carbonyl (C=O) groups excluding carboxylic acids is 1. The van der Waals surface area contributed by atoms with E-state index in [0.717, 1.165) is 24.1 Å². The number of carbonyl (C=O) groups is 1. The lowest BCUT2D eigenvalue weighted by Gasteiger charge is -2.44. The minimum atomic E-state index is -4.46. The molecule has 0 bridgehead atoms. The van der Waals surface area contributed by atoms with Crippen molar-refractivity contribution in [2.75, 3.05) is 25.1 Å². The van der Waals surface area contributed by atoms with E-state index in [2.05, 4.69) is 18.0 Å². The maximum atomic E-state index is 13.4. The summed E-state index contributed by atoms with van der Waals surface area (Å²) in [6.45, 7) is 2.03. The fraction of sp³-hybridized carbons (Fsp3) is 0.417. The molecule has 7 nitrogen and oxygen atoms in total. The van der Waals surface area contributed by atoms with Crippen LogP contribution in [-0.4, -0.2) is 45.5 Å². The zero-order chi connectivity index (χ0) is 24.7. The summed E-state index contributed by atoms with van der Waals surface area (Å²) in [4.78, 5) is 18.7. The number of fused-ring (bicyclic) bond motifs is 1. The molecule has 4 rings (SSSR count). The van der Waals surface area contributed by atoms with Crippen molar-refractivity contribution >= 4 is 11.8 Å². The molecule has 0 fully saturated rings. The first-order chi connectivity index (χ1) is 16.0. The van der Waals surface area contributed by atoms with E-state index in [1.54, 1.807) is 0 Å². The lowest BCUT2D eigenvalue weighted by molar-refractivity contribution is -0.814. The number of halogens is 3. The summed E-state index contributed by atoms with van der Waals surface area (Å²) in [6.07, 6.45) is 2.59. The molecule has 2 unspecified atom stereocenters. The third kappa shape index (κ3) is 4.40. The molecule has 2 heterocycles. The number of allylic oxidation sites excluding steroid dienone is 4. The number of hydroxylamine groups is 3. The van der Waals surface area contributed by atoms with E-state index < -0.39 is 22.4 Å². The number of imidazole rings is 1. The van der Waals surface area contributed by atoms with Crippen molar-refractivity contribution in [2.45, 2.75) is 39.0 Å². The van der Waals surface area contributed by atoms with Gasteiger partial charge in [0.2, 0.25) is 0 Å². The monoisotopic (exact) mass is 476 g/mol. The summed E-state index contributed by atoms with van der Waals surface area (Å²) in [5.41, 5.74) is 1.34. The second-order valence-electron chi connectivity index (χ2n) is 8.86. The standard InChI is InChI=1S/C24H27F3N4O3/c1-16-6-3-4-7-18(16)14-30-20-15-31(34,12-5-13-32)23(33)29(2)22(20)28-21(30)17-8-10-19(11-9-17)24(25,26)27/h3-4,7-11,16,32H,5-6,12-15H2,1-2H3. The molecule has 2 aromatic rings. The molecule has 0 radical (unpaired) electrons. The number of hydrogen-bond donors (Lipinski definition) is 1. The number of aliphatic hydroxyl groups excluding tert-OH is 1. The van der Waals surface area contributed by atoms with E-state index in [4.69, 9.17) is 0 Å². The van der Waals surface area contributed by atoms with Crippen LogP contribution in [0.4, 0.5) is 23.8 Å². The zero-order valence-electron chi connectivity index (χ0n) is 19.0. The Bertz CT molecular complexity index is 1140. The summed E-state index contributed by atoms with van der Waals surface area (Å²) in [6, 6.07) is 4.04. The molecular formula is C24H27F3N4O3. The number of quaternary nitrogens is 1. The number of amides is 2. The summed E-state index contributed by atoms with van der Waals surface area (Å²) in [7, 11) is 1.48. The lowest BCUT2D eigenvalue weighted by Crippen LogP contribution is -2.57. The van der Waals surface area contributed by atoms with E-state index in [1.165, 1.54) is 24.1 Å². The molecule has 10 heteroatoms. The van der Waals surface area contributed by atoms with Crippen LogP contribution in [0, 0.1) is 11.1 Å². The molecule has 0 spiro atoms. The largest absolute Gasteiger partial charge is 0.623 e. The van der Waals surface area contributed by atoms with Gasteiger partial charge in [0, 0.05) is 32.2 Å². The van der Waals surface area contributed by atoms with Crippen LogP contribution >= 0.6 is 0 Å². The van der Waals surface area contributed by atoms with Crippen molar-refractivity contribution in [2.24, 2.45) is 5.92 Å². The van der Waals surface area contributed by atoms with Crippen LogP contribution in [0.25, 0.3) is 11.4 Å². The van der Waals surface area contributed by atoms with Gasteiger partial charge in [0.25, 0.3) is 0 Å². The highest BCUT2D eigenvalue weighted by Crippen LogP contribution is 2.38. The third-order valence-electron chi connectivity index (χ3n) is 6.47. The molecule has 1 aromatic carbocycles. The highest BCUT2D eigenvalue weighted by atomic mass is 19.4. The molecule has 1 aromatic heterocycles. The molecule has 2 amide bonds. The molecule has 1 aliphatic heterocycles. The van der Waals surface area contributed by atoms with Crippen molar-refractivity contribution in [3.63, 3.8) is 0 Å². The summed E-state index contributed by atoms with van der Waals surface area (Å²) in [5.74, 6) is 0.970. The van der Waals surface area contributed by atoms with Gasteiger partial charge in [-0.15, -0.1) is 0 Å². The Labute approximate surface area is 195 Å². The number of alkyl halides is 3. The Morgan fingerprint density at radius 3 is 2.59 bits per heavy atom. The van der Waals surface area contributed by atoms with Gasteiger partial charge in [-0.1, -0.05) is 37.3 Å². The maximum Gasteiger partial charge on any atom is 0.424 e. The van der Waals surface area contributed by atoms with Gasteiger partial charge in [-0.05, 0) is 30.0 Å². The average molecular weight is 476 g/mol. The van der Waals surface area contributed by atoms with E-state index in [1.807, 2.05) is 16.7 Å². The summed E-state index contributed by atoms with van der Waals surface area (Å²) >= 11 is 0. The minimum Gasteiger partial charge on any atom is -0.623 e. The van der Waals surface area contributed by atoms with Crippen molar-refractivity contribution in [3.8, 4) is 11.4 Å². The van der Waals surface area contributed by atoms with Crippen LogP contribution in [0.15, 0.2) is 48.1 Å². The minimum absolute atomic E-state index is 0.0816. The summed E-state index contributed by atoms with van der Waals surface area (Å²) in [5, 5.41) is 22.6. The van der Waals surface area contributed by atoms with Gasteiger partial charge in [-0.25, -0.2) is 14.7 Å². The number of nitrogens with zero attached hydrogens (tertiary/aromatic N) is 4. The number of benzene rings is 1. The molecule has 34 heavy (non-hydrogen) atoms. The predicted octanol–water partition coefficient (Wildman–Crippen LogP) is 4.86. The summed E-state index contributed by atoms with van der Waals surface area (Å²) < 4.78 is 39.9. The van der Waals surface area contributed by atoms with Crippen LogP contribution in [-0.2, 0) is 19.3 Å². The first-order valence-corrected chi connectivity index (χ1v) is 11.1. The van der Waals surface area contributed by atoms with Crippen molar-refractivity contribution in [1.29, 1.82) is 0 Å². The van der Waals surface area contributed by atoms with Crippen molar-refractivity contribution in [1.82, 2.24) is 9.55 Å². The molecule has 0 saturated carbocycles. The van der Waals surface area contributed by atoms with Crippen molar-refractivity contribution in [3.05, 3.63) is 64.5 Å². The Morgan fingerprint density at radius 2 is 1.97 bits per heavy atom. The van der Waals surface area contributed by atoms with Crippen molar-refractivity contribution < 1.29 is 27.7 Å². The molecule has 1 aliphatic carbocycles. The van der Waals surface area contributed by atoms with Gasteiger partial charge in [-0.2, -0.15) is 13.2 Å². The van der Waals surface area contributed by atoms with Gasteiger partial charge >= 0.3 is 12.2 Å². The number of urea groups is 1. The van der Waals surface area contributed by atoms with E-state index in [9.17, 15) is 28.3 Å². The number of anilines is 1. The van der Waals surface area contributed by atoms with Gasteiger partial charge in [0.1, 0.15) is 18.1 Å². The van der Waals surface area contributed by atoms with Crippen LogP contribution in [0.5, 0.6) is 0 Å². The van der Waals surface area contributed by atoms with Crippen LogP contribution in [0.3, 0.4) is 0 Å². The molecule has 0 saturated heterocycles. The Kier molecular flexibility index (Phi) is 6.41. The highest BCUT2D eigenvalue weighted by molar-refractivity contribution is 5.88. The Balaban J connectivity index is 1.83. The number of aliphatic hydroxyl groups is 1. The smallest absolute Gasteiger partial charge is 0.424 e. The first-order valence-electron chi connectivity index (χ1n) is 11.1. The second-order valence-corrected chi connectivity index (χ2v) is 8.86. The fourth-order valence-electron chi connectivity index (χ4n) is 4.45. The normalized spacial score (nSPS) is 22.7. The molecule has 182 valence electrons. The van der Waals surface area contributed by atoms with Gasteiger partial charge in [0.15, 0.2) is 5.82 Å². The van der Waals surface area contributed by atoms with E-state index in [-0.39, 0.29) is 32.0 Å². The van der Waals surface area contributed by atoms with Gasteiger partial charge < -0.3 is 14.9 Å². The van der Waals surface area contributed by atoms with Crippen LogP contribution < -0.4 is 4.90 Å². The number of hydrogen-bond acceptors (Lipinski definition) is 4. The topological polar surface area (TPSA) is 81.4 Å². The quantitative estimate of drug-likeness (QED) is 0.477. The lowest BCUT2D eigenvalue weighted by atomic mass is 9.93. The molecule has 1 N–H and O–H groups in total. The number of rotatable bonds is 6. The highest BCUT2D eigenvalue weighted by Gasteiger charge is 2.42. The van der Waals surface area contributed by atoms with Gasteiger partial charge in [0.05, 0.1) is 12.1 Å². The van der Waals surface area contributed by atoms with E-state index in [0.29, 0.717) is 29.4 Å². The average Bonchev–Trinajstić information content (AvgIpc) is 3.15. The Hall–Kier alpha value is -2.95. The molecule has 2 atom stereocenters. The van der Waals surface area contributed by atoms with Gasteiger partial charge in [-0.3, -0.25) is 4.65 Å². The van der Waals surface area contributed by atoms with Crippen LogP contribution in [0.1, 0.15) is 31.0 Å². The SMILES string of the molecule is CC1CC=CC=C1Cn1c(-c2ccc(C(F)(F)F)cc2)nc2c1C[N+]([O-])(CCCO)C(=O)N2C. The maximum absolute atomic E-state index is 13.4. The van der Waals surface area contributed by atoms with E-state index >= 15 is 0 Å². The van der Waals surface area contributed by atoms with Crippen LogP contribution in [0.2, 0.25) is 0 Å². The molecular weight excluding hydrogens is 449 g/mol. The first kappa shape index (κ1) is 24.2. The number of aromatic nitrogens is 2. The predicted molar refractivity (Wildman–Crippen MR) is 121 cm³/mol. The second kappa shape index (κ2) is 9.01. The molecule has 2 aliphatic rings. The Morgan fingerprint density at radius 1 is 1.26 bits per heavy atom. The fourth-order valence-corrected chi connectivity index (χ4v) is 4.45. The third-order valence-corrected chi connectivity index (χ3v) is 6.47.